The molecule has 0 fully saturated rings. The lowest BCUT2D eigenvalue weighted by Crippen LogP contribution is -2.30. The van der Waals surface area contributed by atoms with E-state index in [2.05, 4.69) is 18.9 Å². The van der Waals surface area contributed by atoms with Crippen LogP contribution in [0.3, 0.4) is 0 Å². The van der Waals surface area contributed by atoms with Gasteiger partial charge >= 0.3 is 0 Å². The second-order valence-electron chi connectivity index (χ2n) is 5.78. The number of aryl methyl sites for hydroxylation is 1. The van der Waals surface area contributed by atoms with Crippen molar-refractivity contribution in [3.8, 4) is 5.75 Å². The molecule has 0 atom stereocenters. The molecule has 0 aliphatic heterocycles. The third-order valence-corrected chi connectivity index (χ3v) is 3.51. The number of rotatable bonds is 6. The van der Waals surface area contributed by atoms with Crippen molar-refractivity contribution < 1.29 is 9.53 Å². The molecular formula is C17H23N3O2. The number of benzene rings is 1. The molecule has 2 aromatic rings. The van der Waals surface area contributed by atoms with Crippen molar-refractivity contribution in [1.29, 1.82) is 0 Å². The third kappa shape index (κ3) is 4.35. The molecule has 2 rings (SSSR count). The van der Waals surface area contributed by atoms with Crippen LogP contribution in [0.2, 0.25) is 0 Å². The van der Waals surface area contributed by atoms with Crippen molar-refractivity contribution in [2.45, 2.75) is 26.3 Å². The first-order valence-corrected chi connectivity index (χ1v) is 7.40. The quantitative estimate of drug-likeness (QED) is 0.824. The van der Waals surface area contributed by atoms with Gasteiger partial charge in [0.25, 0.3) is 5.91 Å². The fourth-order valence-corrected chi connectivity index (χ4v) is 2.12. The van der Waals surface area contributed by atoms with E-state index in [1.54, 1.807) is 22.8 Å². The van der Waals surface area contributed by atoms with Crippen LogP contribution < -0.4 is 4.74 Å². The average molecular weight is 301 g/mol. The molecule has 0 unspecified atom stereocenters. The molecule has 1 aromatic carbocycles. The van der Waals surface area contributed by atoms with Crippen molar-refractivity contribution >= 4 is 5.91 Å². The van der Waals surface area contributed by atoms with Gasteiger partial charge in [0.2, 0.25) is 0 Å². The van der Waals surface area contributed by atoms with E-state index in [9.17, 15) is 4.79 Å². The van der Waals surface area contributed by atoms with E-state index in [-0.39, 0.29) is 12.5 Å². The molecule has 0 bridgehead atoms. The van der Waals surface area contributed by atoms with Crippen LogP contribution in [0, 0.1) is 0 Å². The van der Waals surface area contributed by atoms with Gasteiger partial charge in [-0.3, -0.25) is 9.48 Å². The van der Waals surface area contributed by atoms with E-state index in [1.165, 1.54) is 5.56 Å². The topological polar surface area (TPSA) is 47.4 Å². The Morgan fingerprint density at radius 3 is 2.55 bits per heavy atom. The highest BCUT2D eigenvalue weighted by Gasteiger charge is 2.11. The SMILES string of the molecule is CC(C)c1ccc(OCC(=O)N(C)Cc2cnn(C)c2)cc1. The number of hydrogen-bond acceptors (Lipinski definition) is 3. The predicted octanol–water partition coefficient (Wildman–Crippen LogP) is 2.58. The molecule has 0 aliphatic rings. The van der Waals surface area contributed by atoms with E-state index in [4.69, 9.17) is 4.74 Å². The zero-order valence-electron chi connectivity index (χ0n) is 13.6. The normalized spacial score (nSPS) is 10.8. The van der Waals surface area contributed by atoms with Crippen molar-refractivity contribution in [1.82, 2.24) is 14.7 Å². The van der Waals surface area contributed by atoms with Crippen LogP contribution in [0.25, 0.3) is 0 Å². The minimum atomic E-state index is -0.0585. The van der Waals surface area contributed by atoms with Crippen LogP contribution in [-0.4, -0.2) is 34.2 Å². The summed E-state index contributed by atoms with van der Waals surface area (Å²) in [5.41, 5.74) is 2.26. The van der Waals surface area contributed by atoms with E-state index in [0.29, 0.717) is 18.2 Å². The molecule has 0 saturated carbocycles. The average Bonchev–Trinajstić information content (AvgIpc) is 2.90. The van der Waals surface area contributed by atoms with Gasteiger partial charge in [-0.05, 0) is 23.6 Å². The second kappa shape index (κ2) is 7.11. The van der Waals surface area contributed by atoms with E-state index < -0.39 is 0 Å². The van der Waals surface area contributed by atoms with Crippen LogP contribution in [0.15, 0.2) is 36.7 Å². The number of aromatic nitrogens is 2. The summed E-state index contributed by atoms with van der Waals surface area (Å²) in [5, 5.41) is 4.09. The molecule has 1 amide bonds. The monoisotopic (exact) mass is 301 g/mol. The summed E-state index contributed by atoms with van der Waals surface area (Å²) in [4.78, 5) is 13.7. The van der Waals surface area contributed by atoms with Gasteiger partial charge in [-0.25, -0.2) is 0 Å². The second-order valence-corrected chi connectivity index (χ2v) is 5.78. The van der Waals surface area contributed by atoms with Gasteiger partial charge in [0.1, 0.15) is 5.75 Å². The molecule has 0 N–H and O–H groups in total. The fraction of sp³-hybridized carbons (Fsp3) is 0.412. The number of nitrogens with zero attached hydrogens (tertiary/aromatic N) is 3. The van der Waals surface area contributed by atoms with E-state index >= 15 is 0 Å². The molecule has 0 radical (unpaired) electrons. The number of carbonyl (C=O) groups is 1. The predicted molar refractivity (Wildman–Crippen MR) is 85.7 cm³/mol. The summed E-state index contributed by atoms with van der Waals surface area (Å²) in [6.07, 6.45) is 3.66. The molecule has 0 spiro atoms. The van der Waals surface area contributed by atoms with E-state index in [1.807, 2.05) is 37.5 Å². The van der Waals surface area contributed by atoms with Crippen LogP contribution in [-0.2, 0) is 18.4 Å². The number of ether oxygens (including phenoxy) is 1. The minimum absolute atomic E-state index is 0.0395. The molecule has 0 saturated heterocycles. The van der Waals surface area contributed by atoms with Crippen molar-refractivity contribution in [3.05, 3.63) is 47.8 Å². The largest absolute Gasteiger partial charge is 0.484 e. The lowest BCUT2D eigenvalue weighted by atomic mass is 10.0. The Kier molecular flexibility index (Phi) is 5.20. The zero-order chi connectivity index (χ0) is 16.1. The van der Waals surface area contributed by atoms with Crippen LogP contribution >= 0.6 is 0 Å². The number of hydrogen-bond donors (Lipinski definition) is 0. The standard InChI is InChI=1S/C17H23N3O2/c1-13(2)15-5-7-16(8-6-15)22-12-17(21)19(3)10-14-9-18-20(4)11-14/h5-9,11,13H,10,12H2,1-4H3. The first-order chi connectivity index (χ1) is 10.5. The Balaban J connectivity index is 1.83. The Morgan fingerprint density at radius 2 is 2.00 bits per heavy atom. The van der Waals surface area contributed by atoms with Gasteiger partial charge in [0.05, 0.1) is 6.20 Å². The molecule has 0 aliphatic carbocycles. The van der Waals surface area contributed by atoms with E-state index in [0.717, 1.165) is 5.56 Å². The highest BCUT2D eigenvalue weighted by molar-refractivity contribution is 5.77. The van der Waals surface area contributed by atoms with Crippen molar-refractivity contribution in [2.75, 3.05) is 13.7 Å². The summed E-state index contributed by atoms with van der Waals surface area (Å²) in [6, 6.07) is 7.88. The summed E-state index contributed by atoms with van der Waals surface area (Å²) >= 11 is 0. The molecule has 1 heterocycles. The highest BCUT2D eigenvalue weighted by Crippen LogP contribution is 2.18. The molecule has 5 heteroatoms. The summed E-state index contributed by atoms with van der Waals surface area (Å²) in [5.74, 6) is 1.14. The maximum Gasteiger partial charge on any atom is 0.260 e. The molecule has 1 aromatic heterocycles. The number of likely N-dealkylation sites (N-methyl/N-ethyl adjacent to an activating group) is 1. The molecule has 118 valence electrons. The summed E-state index contributed by atoms with van der Waals surface area (Å²) < 4.78 is 7.28. The fourth-order valence-electron chi connectivity index (χ4n) is 2.12. The van der Waals surface area contributed by atoms with Crippen molar-refractivity contribution in [2.24, 2.45) is 7.05 Å². The molecular weight excluding hydrogens is 278 g/mol. The van der Waals surface area contributed by atoms with Gasteiger partial charge in [-0.2, -0.15) is 5.10 Å². The Hall–Kier alpha value is -2.30. The van der Waals surface area contributed by atoms with Crippen LogP contribution in [0.5, 0.6) is 5.75 Å². The first kappa shape index (κ1) is 16.1. The number of amides is 1. The third-order valence-electron chi connectivity index (χ3n) is 3.51. The lowest BCUT2D eigenvalue weighted by molar-refractivity contribution is -0.132. The lowest BCUT2D eigenvalue weighted by Gasteiger charge is -2.16. The maximum atomic E-state index is 12.1. The Labute approximate surface area is 131 Å². The zero-order valence-corrected chi connectivity index (χ0v) is 13.6. The van der Waals surface area contributed by atoms with Gasteiger partial charge in [-0.15, -0.1) is 0 Å². The summed E-state index contributed by atoms with van der Waals surface area (Å²) in [6.45, 7) is 4.86. The summed E-state index contributed by atoms with van der Waals surface area (Å²) in [7, 11) is 3.62. The Morgan fingerprint density at radius 1 is 1.32 bits per heavy atom. The minimum Gasteiger partial charge on any atom is -0.484 e. The first-order valence-electron chi connectivity index (χ1n) is 7.40. The van der Waals surface area contributed by atoms with Crippen LogP contribution in [0.4, 0.5) is 0 Å². The smallest absolute Gasteiger partial charge is 0.260 e. The van der Waals surface area contributed by atoms with Gasteiger partial charge in [-0.1, -0.05) is 26.0 Å². The Bertz CT molecular complexity index is 617. The van der Waals surface area contributed by atoms with Gasteiger partial charge in [0, 0.05) is 32.4 Å². The number of carbonyl (C=O) groups excluding carboxylic acids is 1. The molecule has 22 heavy (non-hydrogen) atoms. The highest BCUT2D eigenvalue weighted by atomic mass is 16.5. The van der Waals surface area contributed by atoms with Crippen LogP contribution in [0.1, 0.15) is 30.9 Å². The van der Waals surface area contributed by atoms with Gasteiger partial charge in [0.15, 0.2) is 6.61 Å². The maximum absolute atomic E-state index is 12.1. The van der Waals surface area contributed by atoms with Gasteiger partial charge < -0.3 is 9.64 Å². The van der Waals surface area contributed by atoms with Crippen molar-refractivity contribution in [3.63, 3.8) is 0 Å². The molecule has 5 nitrogen and oxygen atoms in total.